The van der Waals surface area contributed by atoms with Crippen LogP contribution in [0.1, 0.15) is 27.8 Å². The van der Waals surface area contributed by atoms with Crippen LogP contribution in [0.5, 0.6) is 0 Å². The quantitative estimate of drug-likeness (QED) is 0.685. The van der Waals surface area contributed by atoms with Crippen LogP contribution in [0.15, 0.2) is 59.5 Å². The Bertz CT molecular complexity index is 1100. The molecule has 140 valence electrons. The second-order valence-corrected chi connectivity index (χ2v) is 7.45. The molecule has 0 unspecified atom stereocenters. The van der Waals surface area contributed by atoms with E-state index in [-0.39, 0.29) is 5.56 Å². The minimum Gasteiger partial charge on any atom is -0.294 e. The highest BCUT2D eigenvalue weighted by Gasteiger charge is 2.21. The second kappa shape index (κ2) is 7.97. The van der Waals surface area contributed by atoms with Crippen LogP contribution in [-0.4, -0.2) is 21.2 Å². The van der Waals surface area contributed by atoms with Gasteiger partial charge in [0.15, 0.2) is 0 Å². The molecule has 5 nitrogen and oxygen atoms in total. The molecule has 2 aromatic carbocycles. The van der Waals surface area contributed by atoms with Crippen LogP contribution in [0.2, 0.25) is 5.02 Å². The van der Waals surface area contributed by atoms with Crippen LogP contribution in [0.4, 0.5) is 0 Å². The fourth-order valence-electron chi connectivity index (χ4n) is 3.54. The molecule has 0 radical (unpaired) electrons. The van der Waals surface area contributed by atoms with Crippen LogP contribution in [0.3, 0.4) is 0 Å². The first-order valence-corrected chi connectivity index (χ1v) is 9.54. The Morgan fingerprint density at radius 2 is 1.93 bits per heavy atom. The first-order chi connectivity index (χ1) is 13.6. The van der Waals surface area contributed by atoms with Crippen LogP contribution >= 0.6 is 11.6 Å². The highest BCUT2D eigenvalue weighted by molar-refractivity contribution is 6.30. The summed E-state index contributed by atoms with van der Waals surface area (Å²) in [6.45, 7) is 2.60. The van der Waals surface area contributed by atoms with Gasteiger partial charge in [-0.15, -0.1) is 0 Å². The highest BCUT2D eigenvalue weighted by Crippen LogP contribution is 2.18. The standard InChI is InChI=1S/C22H19ClN4O/c23-20-6-4-16(5-7-20)14-27-22(28)21-15-26(9-8-19(21)12-25-27)13-18-3-1-2-17(10-18)11-24/h1-7,10,12H,8-9,13-15H2. The average Bonchev–Trinajstić information content (AvgIpc) is 2.72. The molecule has 0 spiro atoms. The lowest BCUT2D eigenvalue weighted by Crippen LogP contribution is -2.37. The lowest BCUT2D eigenvalue weighted by atomic mass is 10.0. The van der Waals surface area contributed by atoms with Gasteiger partial charge in [0.25, 0.3) is 5.56 Å². The molecule has 0 aliphatic carbocycles. The summed E-state index contributed by atoms with van der Waals surface area (Å²) < 4.78 is 1.52. The zero-order chi connectivity index (χ0) is 19.5. The summed E-state index contributed by atoms with van der Waals surface area (Å²) in [5.41, 5.74) is 4.52. The van der Waals surface area contributed by atoms with Crippen molar-refractivity contribution in [1.82, 2.24) is 14.7 Å². The third kappa shape index (κ3) is 3.99. The van der Waals surface area contributed by atoms with Gasteiger partial charge < -0.3 is 0 Å². The predicted octanol–water partition coefficient (Wildman–Crippen LogP) is 3.37. The summed E-state index contributed by atoms with van der Waals surface area (Å²) >= 11 is 5.93. The number of nitriles is 1. The normalized spacial score (nSPS) is 13.7. The Morgan fingerprint density at radius 3 is 2.71 bits per heavy atom. The van der Waals surface area contributed by atoms with E-state index in [4.69, 9.17) is 16.9 Å². The Morgan fingerprint density at radius 1 is 1.11 bits per heavy atom. The summed E-state index contributed by atoms with van der Waals surface area (Å²) in [7, 11) is 0. The van der Waals surface area contributed by atoms with Crippen LogP contribution in [0, 0.1) is 11.3 Å². The molecule has 2 heterocycles. The summed E-state index contributed by atoms with van der Waals surface area (Å²) in [6.07, 6.45) is 2.62. The van der Waals surface area contributed by atoms with Gasteiger partial charge in [0.2, 0.25) is 0 Å². The summed E-state index contributed by atoms with van der Waals surface area (Å²) in [5.74, 6) is 0. The van der Waals surface area contributed by atoms with Gasteiger partial charge in [0, 0.05) is 30.2 Å². The Balaban J connectivity index is 1.54. The van der Waals surface area contributed by atoms with E-state index < -0.39 is 0 Å². The van der Waals surface area contributed by atoms with Crippen molar-refractivity contribution in [2.45, 2.75) is 26.1 Å². The van der Waals surface area contributed by atoms with Crippen LogP contribution in [0.25, 0.3) is 0 Å². The SMILES string of the molecule is N#Cc1cccc(CN2CCc3cnn(Cc4ccc(Cl)cc4)c(=O)c3C2)c1. The van der Waals surface area contributed by atoms with Crippen molar-refractivity contribution in [3.05, 3.63) is 97.9 Å². The molecule has 1 aromatic heterocycles. The number of hydrogen-bond acceptors (Lipinski definition) is 4. The molecule has 0 fully saturated rings. The van der Waals surface area contributed by atoms with Crippen molar-refractivity contribution < 1.29 is 0 Å². The van der Waals surface area contributed by atoms with E-state index in [2.05, 4.69) is 16.1 Å². The van der Waals surface area contributed by atoms with Gasteiger partial charge in [-0.2, -0.15) is 10.4 Å². The maximum atomic E-state index is 13.0. The number of rotatable bonds is 4. The molecule has 1 aliphatic rings. The number of hydrogen-bond donors (Lipinski definition) is 0. The minimum absolute atomic E-state index is 0.0390. The van der Waals surface area contributed by atoms with Gasteiger partial charge in [-0.1, -0.05) is 35.9 Å². The Labute approximate surface area is 168 Å². The Hall–Kier alpha value is -2.94. The number of benzene rings is 2. The lowest BCUT2D eigenvalue weighted by molar-refractivity contribution is 0.242. The largest absolute Gasteiger partial charge is 0.294 e. The van der Waals surface area contributed by atoms with Gasteiger partial charge in [-0.3, -0.25) is 9.69 Å². The topological polar surface area (TPSA) is 61.9 Å². The molecule has 0 saturated carbocycles. The van der Waals surface area contributed by atoms with E-state index in [1.807, 2.05) is 48.7 Å². The predicted molar refractivity (Wildman–Crippen MR) is 108 cm³/mol. The van der Waals surface area contributed by atoms with Crippen molar-refractivity contribution in [2.24, 2.45) is 0 Å². The molecule has 0 bridgehead atoms. The van der Waals surface area contributed by atoms with Gasteiger partial charge in [0.1, 0.15) is 0 Å². The fourth-order valence-corrected chi connectivity index (χ4v) is 3.66. The van der Waals surface area contributed by atoms with E-state index in [9.17, 15) is 4.79 Å². The number of aromatic nitrogens is 2. The van der Waals surface area contributed by atoms with Crippen LogP contribution < -0.4 is 5.56 Å². The number of nitrogens with zero attached hydrogens (tertiary/aromatic N) is 4. The minimum atomic E-state index is -0.0390. The van der Waals surface area contributed by atoms with Crippen LogP contribution in [-0.2, 0) is 26.1 Å². The highest BCUT2D eigenvalue weighted by atomic mass is 35.5. The second-order valence-electron chi connectivity index (χ2n) is 7.01. The third-order valence-corrected chi connectivity index (χ3v) is 5.27. The first-order valence-electron chi connectivity index (χ1n) is 9.16. The number of fused-ring (bicyclic) bond motifs is 1. The van der Waals surface area contributed by atoms with E-state index >= 15 is 0 Å². The molecule has 0 N–H and O–H groups in total. The molecular weight excluding hydrogens is 372 g/mol. The maximum Gasteiger partial charge on any atom is 0.271 e. The lowest BCUT2D eigenvalue weighted by Gasteiger charge is -2.28. The third-order valence-electron chi connectivity index (χ3n) is 5.02. The summed E-state index contributed by atoms with van der Waals surface area (Å²) in [5, 5.41) is 14.1. The van der Waals surface area contributed by atoms with Crippen molar-refractivity contribution in [3.63, 3.8) is 0 Å². The van der Waals surface area contributed by atoms with E-state index in [0.29, 0.717) is 30.2 Å². The van der Waals surface area contributed by atoms with E-state index in [0.717, 1.165) is 35.2 Å². The molecule has 0 atom stereocenters. The molecule has 1 aliphatic heterocycles. The zero-order valence-electron chi connectivity index (χ0n) is 15.3. The van der Waals surface area contributed by atoms with Gasteiger partial charge in [-0.05, 0) is 47.4 Å². The monoisotopic (exact) mass is 390 g/mol. The first kappa shape index (κ1) is 18.4. The average molecular weight is 391 g/mol. The molecule has 3 aromatic rings. The molecule has 4 rings (SSSR count). The molecule has 6 heteroatoms. The van der Waals surface area contributed by atoms with Gasteiger partial charge in [-0.25, -0.2) is 4.68 Å². The van der Waals surface area contributed by atoms with Gasteiger partial charge in [0.05, 0.1) is 24.4 Å². The smallest absolute Gasteiger partial charge is 0.271 e. The Kier molecular flexibility index (Phi) is 5.25. The summed E-state index contributed by atoms with van der Waals surface area (Å²) in [6, 6.07) is 17.2. The number of halogens is 1. The summed E-state index contributed by atoms with van der Waals surface area (Å²) in [4.78, 5) is 15.2. The maximum absolute atomic E-state index is 13.0. The van der Waals surface area contributed by atoms with Gasteiger partial charge >= 0.3 is 0 Å². The van der Waals surface area contributed by atoms with Crippen molar-refractivity contribution in [2.75, 3.05) is 6.54 Å². The molecule has 0 amide bonds. The molecule has 0 saturated heterocycles. The fraction of sp³-hybridized carbons (Fsp3) is 0.227. The van der Waals surface area contributed by atoms with E-state index in [1.54, 1.807) is 6.07 Å². The van der Waals surface area contributed by atoms with Crippen molar-refractivity contribution in [3.8, 4) is 6.07 Å². The zero-order valence-corrected chi connectivity index (χ0v) is 16.1. The molecule has 28 heavy (non-hydrogen) atoms. The molecular formula is C22H19ClN4O. The van der Waals surface area contributed by atoms with E-state index in [1.165, 1.54) is 4.68 Å². The van der Waals surface area contributed by atoms with Crippen molar-refractivity contribution in [1.29, 1.82) is 5.26 Å². The van der Waals surface area contributed by atoms with Crippen molar-refractivity contribution >= 4 is 11.6 Å².